The molecule has 1 aliphatic rings. The summed E-state index contributed by atoms with van der Waals surface area (Å²) in [6.07, 6.45) is -0.674. The zero-order valence-electron chi connectivity index (χ0n) is 16.0. The first kappa shape index (κ1) is 19.9. The normalized spacial score (nSPS) is 16.5. The number of ether oxygens (including phenoxy) is 1. The highest BCUT2D eigenvalue weighted by Crippen LogP contribution is 2.35. The molecule has 2 heterocycles. The highest BCUT2D eigenvalue weighted by Gasteiger charge is 2.35. The molecule has 8 heteroatoms. The van der Waals surface area contributed by atoms with E-state index in [0.29, 0.717) is 11.4 Å². The third kappa shape index (κ3) is 4.33. The van der Waals surface area contributed by atoms with Crippen LogP contribution in [0, 0.1) is 0 Å². The third-order valence-corrected chi connectivity index (χ3v) is 5.42. The maximum absolute atomic E-state index is 13.2. The second-order valence-corrected chi connectivity index (χ2v) is 7.76. The smallest absolute Gasteiger partial charge is 0.265 e. The lowest BCUT2D eigenvalue weighted by Crippen LogP contribution is -2.50. The molecule has 1 aromatic carbocycles. The molecule has 0 fully saturated rings. The fourth-order valence-corrected chi connectivity index (χ4v) is 3.91. The quantitative estimate of drug-likeness (QED) is 0.833. The van der Waals surface area contributed by atoms with Crippen LogP contribution in [0.25, 0.3) is 0 Å². The molecule has 3 rings (SSSR count). The number of para-hydroxylation sites is 2. The van der Waals surface area contributed by atoms with Crippen LogP contribution < -0.4 is 15.0 Å². The van der Waals surface area contributed by atoms with Crippen LogP contribution in [-0.2, 0) is 14.4 Å². The van der Waals surface area contributed by atoms with Crippen LogP contribution in [0.5, 0.6) is 5.75 Å². The number of hydrogen-bond acceptors (Lipinski definition) is 5. The fourth-order valence-electron chi connectivity index (χ4n) is 3.13. The van der Waals surface area contributed by atoms with Crippen molar-refractivity contribution in [2.24, 2.45) is 0 Å². The van der Waals surface area contributed by atoms with Crippen molar-refractivity contribution in [1.29, 1.82) is 0 Å². The number of carbonyl (C=O) groups excluding carboxylic acids is 3. The van der Waals surface area contributed by atoms with Crippen LogP contribution in [0.3, 0.4) is 0 Å². The van der Waals surface area contributed by atoms with Crippen LogP contribution in [0.2, 0.25) is 0 Å². The Bertz CT molecular complexity index is 866. The zero-order valence-corrected chi connectivity index (χ0v) is 16.9. The Balaban J connectivity index is 1.86. The largest absolute Gasteiger partial charge is 0.476 e. The summed E-state index contributed by atoms with van der Waals surface area (Å²) in [5, 5.41) is 4.75. The van der Waals surface area contributed by atoms with Crippen molar-refractivity contribution < 1.29 is 19.1 Å². The van der Waals surface area contributed by atoms with Crippen molar-refractivity contribution in [3.63, 3.8) is 0 Å². The number of rotatable bonds is 5. The minimum absolute atomic E-state index is 0.0945. The molecule has 0 saturated heterocycles. The fraction of sp³-hybridized carbons (Fsp3) is 0.350. The van der Waals surface area contributed by atoms with E-state index in [1.807, 2.05) is 23.6 Å². The molecule has 2 aromatic rings. The van der Waals surface area contributed by atoms with Crippen molar-refractivity contribution >= 4 is 34.7 Å². The Morgan fingerprint density at radius 3 is 2.64 bits per heavy atom. The Hall–Kier alpha value is -2.87. The van der Waals surface area contributed by atoms with Crippen molar-refractivity contribution in [2.75, 3.05) is 25.5 Å². The summed E-state index contributed by atoms with van der Waals surface area (Å²) in [4.78, 5) is 41.2. The van der Waals surface area contributed by atoms with Gasteiger partial charge in [0, 0.05) is 25.9 Å². The molecule has 0 saturated carbocycles. The number of amides is 3. The maximum atomic E-state index is 13.2. The Labute approximate surface area is 167 Å². The standard InChI is InChI=1S/C20H23N3O4S/c1-13(24)21-14(18-9-6-10-28-18)11-19(25)23-12-17(20(26)22(2)3)27-16-8-5-4-7-15(16)23/h4-10,14,17H,11-12H2,1-3H3,(H,21,24)/t14-,17-/m1/s1. The number of carbonyl (C=O) groups is 3. The number of anilines is 1. The molecule has 0 aliphatic carbocycles. The molecular weight excluding hydrogens is 378 g/mol. The van der Waals surface area contributed by atoms with E-state index in [0.717, 1.165) is 4.88 Å². The van der Waals surface area contributed by atoms with E-state index in [2.05, 4.69) is 5.32 Å². The van der Waals surface area contributed by atoms with Gasteiger partial charge in [-0.3, -0.25) is 14.4 Å². The van der Waals surface area contributed by atoms with E-state index in [9.17, 15) is 14.4 Å². The third-order valence-electron chi connectivity index (χ3n) is 4.43. The van der Waals surface area contributed by atoms with Gasteiger partial charge in [-0.05, 0) is 23.6 Å². The molecule has 0 radical (unpaired) electrons. The van der Waals surface area contributed by atoms with E-state index in [1.54, 1.807) is 37.2 Å². The number of benzene rings is 1. The van der Waals surface area contributed by atoms with Gasteiger partial charge in [0.25, 0.3) is 5.91 Å². The molecule has 1 aromatic heterocycles. The minimum atomic E-state index is -0.769. The van der Waals surface area contributed by atoms with Gasteiger partial charge in [0.05, 0.1) is 24.7 Å². The summed E-state index contributed by atoms with van der Waals surface area (Å²) in [7, 11) is 3.31. The monoisotopic (exact) mass is 401 g/mol. The van der Waals surface area contributed by atoms with Gasteiger partial charge < -0.3 is 19.9 Å². The van der Waals surface area contributed by atoms with Gasteiger partial charge in [0.15, 0.2) is 6.10 Å². The lowest BCUT2D eigenvalue weighted by atomic mass is 10.1. The van der Waals surface area contributed by atoms with E-state index >= 15 is 0 Å². The first-order valence-corrected chi connectivity index (χ1v) is 9.82. The van der Waals surface area contributed by atoms with Crippen molar-refractivity contribution in [3.8, 4) is 5.75 Å². The van der Waals surface area contributed by atoms with Crippen LogP contribution in [0.1, 0.15) is 24.3 Å². The Morgan fingerprint density at radius 1 is 1.25 bits per heavy atom. The molecule has 0 spiro atoms. The van der Waals surface area contributed by atoms with Crippen LogP contribution in [0.15, 0.2) is 41.8 Å². The van der Waals surface area contributed by atoms with Crippen molar-refractivity contribution in [2.45, 2.75) is 25.5 Å². The minimum Gasteiger partial charge on any atom is -0.476 e. The van der Waals surface area contributed by atoms with Gasteiger partial charge in [-0.1, -0.05) is 18.2 Å². The summed E-state index contributed by atoms with van der Waals surface area (Å²) in [6, 6.07) is 10.5. The second-order valence-electron chi connectivity index (χ2n) is 6.78. The highest BCUT2D eigenvalue weighted by molar-refractivity contribution is 7.10. The highest BCUT2D eigenvalue weighted by atomic mass is 32.1. The number of thiophene rings is 1. The van der Waals surface area contributed by atoms with E-state index in [-0.39, 0.29) is 30.7 Å². The van der Waals surface area contributed by atoms with Gasteiger partial charge >= 0.3 is 0 Å². The molecular formula is C20H23N3O4S. The topological polar surface area (TPSA) is 79.0 Å². The molecule has 7 nitrogen and oxygen atoms in total. The van der Waals surface area contributed by atoms with Gasteiger partial charge in [0.1, 0.15) is 5.75 Å². The summed E-state index contributed by atoms with van der Waals surface area (Å²) < 4.78 is 5.82. The summed E-state index contributed by atoms with van der Waals surface area (Å²) in [5.41, 5.74) is 0.628. The molecule has 0 bridgehead atoms. The van der Waals surface area contributed by atoms with Gasteiger partial charge in [-0.25, -0.2) is 0 Å². The predicted molar refractivity (Wildman–Crippen MR) is 107 cm³/mol. The van der Waals surface area contributed by atoms with Crippen molar-refractivity contribution in [3.05, 3.63) is 46.7 Å². The van der Waals surface area contributed by atoms with Gasteiger partial charge in [-0.15, -0.1) is 11.3 Å². The number of nitrogens with zero attached hydrogens (tertiary/aromatic N) is 2. The average molecular weight is 401 g/mol. The van der Waals surface area contributed by atoms with Gasteiger partial charge in [0.2, 0.25) is 11.8 Å². The van der Waals surface area contributed by atoms with Gasteiger partial charge in [-0.2, -0.15) is 0 Å². The summed E-state index contributed by atoms with van der Waals surface area (Å²) >= 11 is 1.49. The first-order valence-electron chi connectivity index (χ1n) is 8.94. The maximum Gasteiger partial charge on any atom is 0.265 e. The zero-order chi connectivity index (χ0) is 20.3. The molecule has 1 N–H and O–H groups in total. The lowest BCUT2D eigenvalue weighted by Gasteiger charge is -2.35. The number of likely N-dealkylation sites (N-methyl/N-ethyl adjacent to an activating group) is 1. The molecule has 2 atom stereocenters. The predicted octanol–water partition coefficient (Wildman–Crippen LogP) is 2.20. The molecule has 3 amide bonds. The molecule has 1 aliphatic heterocycles. The number of fused-ring (bicyclic) bond motifs is 1. The summed E-state index contributed by atoms with van der Waals surface area (Å²) in [6.45, 7) is 1.56. The second kappa shape index (κ2) is 8.43. The first-order chi connectivity index (χ1) is 13.4. The Kier molecular flexibility index (Phi) is 5.99. The lowest BCUT2D eigenvalue weighted by molar-refractivity contribution is -0.136. The van der Waals surface area contributed by atoms with Crippen molar-refractivity contribution in [1.82, 2.24) is 10.2 Å². The number of nitrogens with one attached hydrogen (secondary N) is 1. The van der Waals surface area contributed by atoms with E-state index in [1.165, 1.54) is 23.2 Å². The van der Waals surface area contributed by atoms with E-state index in [4.69, 9.17) is 4.74 Å². The molecule has 0 unspecified atom stereocenters. The summed E-state index contributed by atoms with van der Waals surface area (Å²) in [5.74, 6) is -0.0906. The average Bonchev–Trinajstić information content (AvgIpc) is 3.20. The van der Waals surface area contributed by atoms with E-state index < -0.39 is 12.1 Å². The SMILES string of the molecule is CC(=O)N[C@H](CC(=O)N1C[C@H](C(=O)N(C)C)Oc2ccccc21)c1cccs1. The van der Waals surface area contributed by atoms with Crippen LogP contribution >= 0.6 is 11.3 Å². The molecule has 28 heavy (non-hydrogen) atoms. The van der Waals surface area contributed by atoms with Crippen LogP contribution in [-0.4, -0.2) is 49.4 Å². The Morgan fingerprint density at radius 2 is 2.00 bits per heavy atom. The molecule has 148 valence electrons. The van der Waals surface area contributed by atoms with Crippen LogP contribution in [0.4, 0.5) is 5.69 Å². The number of hydrogen-bond donors (Lipinski definition) is 1.